The van der Waals surface area contributed by atoms with Crippen LogP contribution in [0.15, 0.2) is 18.2 Å². The van der Waals surface area contributed by atoms with Crippen molar-refractivity contribution in [2.75, 3.05) is 0 Å². The van der Waals surface area contributed by atoms with Crippen LogP contribution in [-0.4, -0.2) is 26.7 Å². The zero-order chi connectivity index (χ0) is 12.2. The SMILES string of the molecule is OC(O)(CCCc1ccc(F)cc1F)O[Si]. The first-order valence-corrected chi connectivity index (χ1v) is 5.09. The first-order valence-electron chi connectivity index (χ1n) is 4.68. The molecule has 0 fully saturated rings. The predicted octanol–water partition coefficient (Wildman–Crippen LogP) is 1.03. The second-order valence-electron chi connectivity index (χ2n) is 3.43. The van der Waals surface area contributed by atoms with Crippen LogP contribution in [0, 0.1) is 11.6 Å². The first-order chi connectivity index (χ1) is 7.44. The Morgan fingerprint density at radius 2 is 2.00 bits per heavy atom. The largest absolute Gasteiger partial charge is 0.371 e. The Hall–Kier alpha value is -0.823. The number of aryl methyl sites for hydroxylation is 1. The summed E-state index contributed by atoms with van der Waals surface area (Å²) >= 11 is 0. The van der Waals surface area contributed by atoms with Gasteiger partial charge in [0.2, 0.25) is 0 Å². The minimum atomic E-state index is -2.27. The van der Waals surface area contributed by atoms with Gasteiger partial charge in [0.25, 0.3) is 16.5 Å². The Morgan fingerprint density at radius 1 is 1.31 bits per heavy atom. The van der Waals surface area contributed by atoms with Crippen LogP contribution in [-0.2, 0) is 10.8 Å². The minimum absolute atomic E-state index is 0.0900. The van der Waals surface area contributed by atoms with Gasteiger partial charge in [0.1, 0.15) is 11.6 Å². The van der Waals surface area contributed by atoms with Crippen LogP contribution in [0.2, 0.25) is 0 Å². The van der Waals surface area contributed by atoms with Crippen LogP contribution in [0.5, 0.6) is 0 Å². The van der Waals surface area contributed by atoms with Gasteiger partial charge in [-0.05, 0) is 24.5 Å². The van der Waals surface area contributed by atoms with E-state index in [9.17, 15) is 8.78 Å². The number of hydrogen-bond acceptors (Lipinski definition) is 3. The van der Waals surface area contributed by atoms with Gasteiger partial charge < -0.3 is 14.6 Å². The van der Waals surface area contributed by atoms with E-state index in [-0.39, 0.29) is 12.8 Å². The second kappa shape index (κ2) is 5.49. The smallest absolute Gasteiger partial charge is 0.267 e. The molecule has 3 nitrogen and oxygen atoms in total. The Labute approximate surface area is 95.2 Å². The molecule has 0 spiro atoms. The average molecular weight is 245 g/mol. The van der Waals surface area contributed by atoms with Crippen molar-refractivity contribution in [3.8, 4) is 0 Å². The van der Waals surface area contributed by atoms with E-state index in [0.717, 1.165) is 12.1 Å². The molecular weight excluding hydrogens is 234 g/mol. The topological polar surface area (TPSA) is 49.7 Å². The lowest BCUT2D eigenvalue weighted by Gasteiger charge is -2.19. The van der Waals surface area contributed by atoms with Crippen molar-refractivity contribution in [1.82, 2.24) is 0 Å². The number of halogens is 2. The van der Waals surface area contributed by atoms with Gasteiger partial charge in [-0.1, -0.05) is 6.07 Å². The highest BCUT2D eigenvalue weighted by molar-refractivity contribution is 5.98. The van der Waals surface area contributed by atoms with Gasteiger partial charge in [-0.25, -0.2) is 8.78 Å². The quantitative estimate of drug-likeness (QED) is 0.601. The second-order valence-corrected chi connectivity index (χ2v) is 3.64. The van der Waals surface area contributed by atoms with E-state index < -0.39 is 17.6 Å². The third-order valence-corrected chi connectivity index (χ3v) is 2.45. The summed E-state index contributed by atoms with van der Waals surface area (Å²) in [5.74, 6) is -3.54. The number of aliphatic hydroxyl groups is 2. The molecule has 1 aromatic carbocycles. The molecule has 0 amide bonds. The van der Waals surface area contributed by atoms with Crippen molar-refractivity contribution in [2.24, 2.45) is 0 Å². The van der Waals surface area contributed by atoms with Gasteiger partial charge in [0, 0.05) is 12.5 Å². The first kappa shape index (κ1) is 13.2. The van der Waals surface area contributed by atoms with Gasteiger partial charge in [0.15, 0.2) is 0 Å². The molecule has 0 bridgehead atoms. The summed E-state index contributed by atoms with van der Waals surface area (Å²) < 4.78 is 29.9. The highest BCUT2D eigenvalue weighted by atomic mass is 28.2. The Balaban J connectivity index is 2.49. The van der Waals surface area contributed by atoms with Gasteiger partial charge in [-0.2, -0.15) is 0 Å². The van der Waals surface area contributed by atoms with E-state index in [1.165, 1.54) is 6.07 Å². The van der Waals surface area contributed by atoms with Crippen LogP contribution >= 0.6 is 0 Å². The summed E-state index contributed by atoms with van der Waals surface area (Å²) in [5.41, 5.74) is 0.325. The Morgan fingerprint density at radius 3 is 2.56 bits per heavy atom. The van der Waals surface area contributed by atoms with Crippen molar-refractivity contribution in [1.29, 1.82) is 0 Å². The van der Waals surface area contributed by atoms with Gasteiger partial charge in [0.05, 0.1) is 0 Å². The van der Waals surface area contributed by atoms with Crippen LogP contribution in [0.25, 0.3) is 0 Å². The molecule has 1 rings (SSSR count). The van der Waals surface area contributed by atoms with E-state index >= 15 is 0 Å². The molecule has 2 N–H and O–H groups in total. The maximum atomic E-state index is 13.1. The molecule has 0 saturated heterocycles. The van der Waals surface area contributed by atoms with E-state index in [4.69, 9.17) is 10.2 Å². The van der Waals surface area contributed by atoms with Crippen molar-refractivity contribution >= 4 is 10.5 Å². The fourth-order valence-corrected chi connectivity index (χ4v) is 1.39. The Kier molecular flexibility index (Phi) is 4.54. The van der Waals surface area contributed by atoms with Crippen LogP contribution in [0.4, 0.5) is 8.78 Å². The fraction of sp³-hybridized carbons (Fsp3) is 0.400. The van der Waals surface area contributed by atoms with Crippen LogP contribution < -0.4 is 0 Å². The molecule has 16 heavy (non-hydrogen) atoms. The summed E-state index contributed by atoms with van der Waals surface area (Å²) in [6, 6.07) is 3.28. The Bertz CT molecular complexity index is 358. The standard InChI is InChI=1S/C10H11F2O3Si/c11-8-4-3-7(9(12)6-8)2-1-5-10(13,14)15-16/h3-4,6,13-14H,1-2,5H2. The van der Waals surface area contributed by atoms with Crippen molar-refractivity contribution < 1.29 is 23.4 Å². The molecule has 0 saturated carbocycles. The molecule has 0 aliphatic rings. The third kappa shape index (κ3) is 3.97. The molecule has 0 heterocycles. The summed E-state index contributed by atoms with van der Waals surface area (Å²) in [6.07, 6.45) is 0.470. The van der Waals surface area contributed by atoms with Gasteiger partial charge in [-0.3, -0.25) is 0 Å². The summed E-state index contributed by atoms with van der Waals surface area (Å²) in [4.78, 5) is 0. The van der Waals surface area contributed by atoms with E-state index in [2.05, 4.69) is 14.9 Å². The zero-order valence-electron chi connectivity index (χ0n) is 8.41. The van der Waals surface area contributed by atoms with Crippen molar-refractivity contribution in [3.63, 3.8) is 0 Å². The minimum Gasteiger partial charge on any atom is -0.371 e. The zero-order valence-corrected chi connectivity index (χ0v) is 9.41. The summed E-state index contributed by atoms with van der Waals surface area (Å²) in [5, 5.41) is 18.1. The predicted molar refractivity (Wildman–Crippen MR) is 53.3 cm³/mol. The lowest BCUT2D eigenvalue weighted by Crippen LogP contribution is -2.30. The normalized spacial score (nSPS) is 11.8. The maximum Gasteiger partial charge on any atom is 0.267 e. The number of benzene rings is 1. The molecule has 1 aromatic rings. The number of rotatable bonds is 5. The molecule has 0 unspecified atom stereocenters. The van der Waals surface area contributed by atoms with Crippen LogP contribution in [0.3, 0.4) is 0 Å². The summed E-state index contributed by atoms with van der Waals surface area (Å²) in [6.45, 7) is 0. The third-order valence-electron chi connectivity index (χ3n) is 2.13. The number of hydrogen-bond donors (Lipinski definition) is 2. The monoisotopic (exact) mass is 245 g/mol. The molecule has 6 heteroatoms. The molecule has 87 valence electrons. The lowest BCUT2D eigenvalue weighted by molar-refractivity contribution is -0.295. The van der Waals surface area contributed by atoms with Crippen molar-refractivity contribution in [3.05, 3.63) is 35.4 Å². The summed E-state index contributed by atoms with van der Waals surface area (Å²) in [7, 11) is 2.51. The molecule has 0 atom stereocenters. The van der Waals surface area contributed by atoms with E-state index in [0.29, 0.717) is 12.0 Å². The van der Waals surface area contributed by atoms with E-state index in [1.807, 2.05) is 0 Å². The average Bonchev–Trinajstić information content (AvgIpc) is 2.21. The van der Waals surface area contributed by atoms with E-state index in [1.54, 1.807) is 0 Å². The molecule has 0 aliphatic heterocycles. The highest BCUT2D eigenvalue weighted by Crippen LogP contribution is 2.15. The molecular formula is C10H11F2O3Si. The van der Waals surface area contributed by atoms with Crippen molar-refractivity contribution in [2.45, 2.75) is 25.2 Å². The highest BCUT2D eigenvalue weighted by Gasteiger charge is 2.20. The maximum absolute atomic E-state index is 13.1. The van der Waals surface area contributed by atoms with Gasteiger partial charge >= 0.3 is 0 Å². The lowest BCUT2D eigenvalue weighted by atomic mass is 10.1. The molecule has 0 aromatic heterocycles. The van der Waals surface area contributed by atoms with Gasteiger partial charge in [-0.15, -0.1) is 0 Å². The fourth-order valence-electron chi connectivity index (χ4n) is 1.28. The molecule has 0 aliphatic carbocycles. The van der Waals surface area contributed by atoms with Crippen LogP contribution in [0.1, 0.15) is 18.4 Å². The molecule has 3 radical (unpaired) electrons.